The SMILES string of the molecule is O=C(Nc1ccc2c(c1)OCO2)OC1CCC12CCCCC2. The lowest BCUT2D eigenvalue weighted by Gasteiger charge is -2.50. The number of carbonyl (C=O) groups is 1. The molecule has 1 aliphatic heterocycles. The summed E-state index contributed by atoms with van der Waals surface area (Å²) in [6, 6.07) is 5.36. The topological polar surface area (TPSA) is 56.8 Å². The van der Waals surface area contributed by atoms with E-state index in [1.807, 2.05) is 0 Å². The normalized spacial score (nSPS) is 24.6. The Hall–Kier alpha value is -1.91. The van der Waals surface area contributed by atoms with Gasteiger partial charge >= 0.3 is 6.09 Å². The molecule has 0 bridgehead atoms. The highest BCUT2D eigenvalue weighted by molar-refractivity contribution is 5.85. The molecule has 0 aromatic heterocycles. The van der Waals surface area contributed by atoms with Crippen LogP contribution in [0, 0.1) is 5.41 Å². The average Bonchev–Trinajstić information content (AvgIpc) is 3.00. The summed E-state index contributed by atoms with van der Waals surface area (Å²) < 4.78 is 16.2. The highest BCUT2D eigenvalue weighted by atomic mass is 16.7. The molecule has 4 rings (SSSR count). The quantitative estimate of drug-likeness (QED) is 0.894. The molecule has 5 heteroatoms. The van der Waals surface area contributed by atoms with Crippen LogP contribution in [-0.4, -0.2) is 19.0 Å². The highest BCUT2D eigenvalue weighted by Crippen LogP contribution is 2.53. The monoisotopic (exact) mass is 303 g/mol. The number of amides is 1. The van der Waals surface area contributed by atoms with Gasteiger partial charge in [-0.2, -0.15) is 0 Å². The third-order valence-corrected chi connectivity index (χ3v) is 5.31. The Morgan fingerprint density at radius 1 is 1.14 bits per heavy atom. The lowest BCUT2D eigenvalue weighted by molar-refractivity contribution is -0.0890. The highest BCUT2D eigenvalue weighted by Gasteiger charge is 2.49. The number of fused-ring (bicyclic) bond motifs is 1. The van der Waals surface area contributed by atoms with Gasteiger partial charge in [0.25, 0.3) is 0 Å². The van der Waals surface area contributed by atoms with Crippen LogP contribution in [0.2, 0.25) is 0 Å². The minimum atomic E-state index is -0.367. The number of anilines is 1. The molecule has 0 saturated heterocycles. The van der Waals surface area contributed by atoms with Crippen LogP contribution in [0.3, 0.4) is 0 Å². The average molecular weight is 303 g/mol. The van der Waals surface area contributed by atoms with Crippen LogP contribution in [0.15, 0.2) is 18.2 Å². The van der Waals surface area contributed by atoms with E-state index in [-0.39, 0.29) is 24.4 Å². The van der Waals surface area contributed by atoms with Crippen molar-refractivity contribution in [2.75, 3.05) is 12.1 Å². The zero-order chi connectivity index (χ0) is 15.0. The third-order valence-electron chi connectivity index (χ3n) is 5.31. The van der Waals surface area contributed by atoms with E-state index in [1.165, 1.54) is 38.5 Å². The number of hydrogen-bond acceptors (Lipinski definition) is 4. The van der Waals surface area contributed by atoms with Crippen molar-refractivity contribution in [1.29, 1.82) is 0 Å². The Morgan fingerprint density at radius 3 is 2.73 bits per heavy atom. The Kier molecular flexibility index (Phi) is 3.36. The van der Waals surface area contributed by atoms with Gasteiger partial charge in [0.2, 0.25) is 6.79 Å². The molecule has 1 unspecified atom stereocenters. The minimum absolute atomic E-state index is 0.0850. The van der Waals surface area contributed by atoms with Crippen LogP contribution in [0.25, 0.3) is 0 Å². The summed E-state index contributed by atoms with van der Waals surface area (Å²) in [5.74, 6) is 1.37. The number of hydrogen-bond donors (Lipinski definition) is 1. The summed E-state index contributed by atoms with van der Waals surface area (Å²) in [7, 11) is 0. The lowest BCUT2D eigenvalue weighted by Crippen LogP contribution is -2.49. The van der Waals surface area contributed by atoms with Crippen molar-refractivity contribution in [1.82, 2.24) is 0 Å². The summed E-state index contributed by atoms with van der Waals surface area (Å²) in [5, 5.41) is 2.80. The Bertz CT molecular complexity index is 580. The molecule has 1 aromatic rings. The van der Waals surface area contributed by atoms with Gasteiger partial charge in [-0.3, -0.25) is 5.32 Å². The Morgan fingerprint density at radius 2 is 1.95 bits per heavy atom. The molecule has 1 atom stereocenters. The largest absolute Gasteiger partial charge is 0.454 e. The van der Waals surface area contributed by atoms with E-state index in [2.05, 4.69) is 5.32 Å². The summed E-state index contributed by atoms with van der Waals surface area (Å²) in [6.07, 6.45) is 8.17. The predicted molar refractivity (Wildman–Crippen MR) is 81.2 cm³/mol. The van der Waals surface area contributed by atoms with Crippen molar-refractivity contribution in [3.8, 4) is 11.5 Å². The van der Waals surface area contributed by atoms with Gasteiger partial charge in [0.1, 0.15) is 6.10 Å². The fourth-order valence-electron chi connectivity index (χ4n) is 3.93. The molecule has 2 aliphatic carbocycles. The second-order valence-electron chi connectivity index (χ2n) is 6.55. The molecule has 2 saturated carbocycles. The van der Waals surface area contributed by atoms with Gasteiger partial charge in [-0.1, -0.05) is 19.3 Å². The Balaban J connectivity index is 1.37. The molecule has 118 valence electrons. The number of carbonyl (C=O) groups excluding carboxylic acids is 1. The van der Waals surface area contributed by atoms with Crippen LogP contribution in [0.4, 0.5) is 10.5 Å². The van der Waals surface area contributed by atoms with E-state index in [4.69, 9.17) is 14.2 Å². The molecule has 1 spiro atoms. The van der Waals surface area contributed by atoms with E-state index in [1.54, 1.807) is 18.2 Å². The van der Waals surface area contributed by atoms with Crippen LogP contribution in [0.5, 0.6) is 11.5 Å². The van der Waals surface area contributed by atoms with Crippen molar-refractivity contribution < 1.29 is 19.0 Å². The molecule has 1 amide bonds. The van der Waals surface area contributed by atoms with E-state index < -0.39 is 0 Å². The molecule has 5 nitrogen and oxygen atoms in total. The van der Waals surface area contributed by atoms with Crippen molar-refractivity contribution in [3.05, 3.63) is 18.2 Å². The molecule has 1 aromatic carbocycles. The first-order valence-electron chi connectivity index (χ1n) is 8.13. The standard InChI is InChI=1S/C17H21NO4/c19-16(18-12-4-5-13-14(10-12)21-11-20-13)22-15-6-9-17(15)7-2-1-3-8-17/h4-5,10,15H,1-3,6-9,11H2,(H,18,19). The van der Waals surface area contributed by atoms with Gasteiger partial charge in [0.15, 0.2) is 11.5 Å². The smallest absolute Gasteiger partial charge is 0.411 e. The number of nitrogens with one attached hydrogen (secondary N) is 1. The molecular formula is C17H21NO4. The fraction of sp³-hybridized carbons (Fsp3) is 0.588. The summed E-state index contributed by atoms with van der Waals surface area (Å²) in [6.45, 7) is 0.230. The molecule has 1 N–H and O–H groups in total. The van der Waals surface area contributed by atoms with E-state index in [0.717, 1.165) is 6.42 Å². The Labute approximate surface area is 129 Å². The molecular weight excluding hydrogens is 282 g/mol. The second kappa shape index (κ2) is 5.38. The maximum Gasteiger partial charge on any atom is 0.411 e. The zero-order valence-electron chi connectivity index (χ0n) is 12.6. The van der Waals surface area contributed by atoms with Crippen LogP contribution >= 0.6 is 0 Å². The number of ether oxygens (including phenoxy) is 3. The second-order valence-corrected chi connectivity index (χ2v) is 6.55. The third kappa shape index (κ3) is 2.38. The predicted octanol–water partition coefficient (Wildman–Crippen LogP) is 4.08. The molecule has 1 heterocycles. The fourth-order valence-corrected chi connectivity index (χ4v) is 3.93. The van der Waals surface area contributed by atoms with E-state index in [0.29, 0.717) is 17.2 Å². The summed E-state index contributed by atoms with van der Waals surface area (Å²) in [5.41, 5.74) is 0.941. The van der Waals surface area contributed by atoms with Gasteiger partial charge < -0.3 is 14.2 Å². The zero-order valence-corrected chi connectivity index (χ0v) is 12.6. The van der Waals surface area contributed by atoms with Crippen LogP contribution < -0.4 is 14.8 Å². The van der Waals surface area contributed by atoms with Crippen LogP contribution in [-0.2, 0) is 4.74 Å². The number of benzene rings is 1. The summed E-state index contributed by atoms with van der Waals surface area (Å²) >= 11 is 0. The maximum absolute atomic E-state index is 12.1. The maximum atomic E-state index is 12.1. The first-order chi connectivity index (χ1) is 10.8. The van der Waals surface area contributed by atoms with Crippen molar-refractivity contribution in [3.63, 3.8) is 0 Å². The lowest BCUT2D eigenvalue weighted by atomic mass is 9.58. The van der Waals surface area contributed by atoms with Crippen molar-refractivity contribution in [2.24, 2.45) is 5.41 Å². The van der Waals surface area contributed by atoms with Crippen molar-refractivity contribution >= 4 is 11.8 Å². The number of rotatable bonds is 2. The van der Waals surface area contributed by atoms with Crippen LogP contribution in [0.1, 0.15) is 44.9 Å². The molecule has 22 heavy (non-hydrogen) atoms. The first kappa shape index (κ1) is 13.7. The van der Waals surface area contributed by atoms with E-state index in [9.17, 15) is 4.79 Å². The van der Waals surface area contributed by atoms with E-state index >= 15 is 0 Å². The minimum Gasteiger partial charge on any atom is -0.454 e. The van der Waals surface area contributed by atoms with Gasteiger partial charge in [0, 0.05) is 17.2 Å². The molecule has 2 fully saturated rings. The van der Waals surface area contributed by atoms with Gasteiger partial charge in [-0.25, -0.2) is 4.79 Å². The van der Waals surface area contributed by atoms with Gasteiger partial charge in [0.05, 0.1) is 0 Å². The molecule has 3 aliphatic rings. The van der Waals surface area contributed by atoms with Gasteiger partial charge in [-0.05, 0) is 37.8 Å². The van der Waals surface area contributed by atoms with Gasteiger partial charge in [-0.15, -0.1) is 0 Å². The first-order valence-corrected chi connectivity index (χ1v) is 8.13. The molecule has 0 radical (unpaired) electrons. The summed E-state index contributed by atoms with van der Waals surface area (Å²) in [4.78, 5) is 12.1. The van der Waals surface area contributed by atoms with Crippen molar-refractivity contribution in [2.45, 2.75) is 51.0 Å².